The lowest BCUT2D eigenvalue weighted by Crippen LogP contribution is -2.28. The largest absolute Gasteiger partial charge is 0.357 e. The quantitative estimate of drug-likeness (QED) is 0.743. The number of aryl methyl sites for hydroxylation is 2. The molecule has 1 aromatic rings. The number of hydrogen-bond donors (Lipinski definition) is 1. The number of pyridine rings is 1. The van der Waals surface area contributed by atoms with E-state index >= 15 is 0 Å². The second-order valence-corrected chi connectivity index (χ2v) is 6.34. The fourth-order valence-corrected chi connectivity index (χ4v) is 2.57. The number of hydrogen-bond acceptors (Lipinski definition) is 3. The van der Waals surface area contributed by atoms with Gasteiger partial charge in [-0.25, -0.2) is 4.98 Å². The van der Waals surface area contributed by atoms with E-state index in [1.54, 1.807) is 0 Å². The van der Waals surface area contributed by atoms with Gasteiger partial charge in [0.2, 0.25) is 0 Å². The van der Waals surface area contributed by atoms with Crippen LogP contribution in [0.5, 0.6) is 0 Å². The third-order valence-electron chi connectivity index (χ3n) is 3.77. The summed E-state index contributed by atoms with van der Waals surface area (Å²) in [5.74, 6) is 1.86. The number of aromatic nitrogens is 1. The molecule has 0 aliphatic heterocycles. The molecule has 0 aromatic carbocycles. The van der Waals surface area contributed by atoms with Gasteiger partial charge < -0.3 is 10.2 Å². The van der Waals surface area contributed by atoms with E-state index in [0.29, 0.717) is 5.92 Å². The summed E-state index contributed by atoms with van der Waals surface area (Å²) in [6, 6.07) is 2.20. The Balaban J connectivity index is 2.97. The zero-order valence-corrected chi connectivity index (χ0v) is 14.8. The van der Waals surface area contributed by atoms with E-state index in [4.69, 9.17) is 4.98 Å². The minimum Gasteiger partial charge on any atom is -0.357 e. The summed E-state index contributed by atoms with van der Waals surface area (Å²) < 4.78 is 0. The maximum Gasteiger partial charge on any atom is 0.133 e. The van der Waals surface area contributed by atoms with Gasteiger partial charge in [0.05, 0.1) is 0 Å². The SMILES string of the molecule is CCCCN(CC)c1nc(C)cc(C)c1CNCC(C)C. The summed E-state index contributed by atoms with van der Waals surface area (Å²) in [7, 11) is 0. The molecule has 3 heteroatoms. The van der Waals surface area contributed by atoms with Crippen LogP contribution in [-0.4, -0.2) is 24.6 Å². The van der Waals surface area contributed by atoms with Crippen LogP contribution in [0.15, 0.2) is 6.07 Å². The molecule has 0 spiro atoms. The average molecular weight is 291 g/mol. The fourth-order valence-electron chi connectivity index (χ4n) is 2.57. The van der Waals surface area contributed by atoms with E-state index in [0.717, 1.165) is 31.9 Å². The number of unbranched alkanes of at least 4 members (excludes halogenated alkanes) is 1. The summed E-state index contributed by atoms with van der Waals surface area (Å²) in [6.07, 6.45) is 2.45. The highest BCUT2D eigenvalue weighted by atomic mass is 15.2. The van der Waals surface area contributed by atoms with Crippen molar-refractivity contribution in [1.82, 2.24) is 10.3 Å². The minimum atomic E-state index is 0.675. The van der Waals surface area contributed by atoms with Gasteiger partial charge in [0.15, 0.2) is 0 Å². The third-order valence-corrected chi connectivity index (χ3v) is 3.77. The maximum atomic E-state index is 4.84. The number of anilines is 1. The van der Waals surface area contributed by atoms with Crippen LogP contribution >= 0.6 is 0 Å². The first-order chi connectivity index (χ1) is 9.99. The molecule has 3 nitrogen and oxygen atoms in total. The maximum absolute atomic E-state index is 4.84. The van der Waals surface area contributed by atoms with Gasteiger partial charge in [0.25, 0.3) is 0 Å². The molecule has 0 unspecified atom stereocenters. The topological polar surface area (TPSA) is 28.2 Å². The molecule has 0 aliphatic carbocycles. The second kappa shape index (κ2) is 9.04. The van der Waals surface area contributed by atoms with Crippen LogP contribution in [0.1, 0.15) is 57.4 Å². The molecule has 0 fully saturated rings. The van der Waals surface area contributed by atoms with Crippen molar-refractivity contribution in [3.63, 3.8) is 0 Å². The highest BCUT2D eigenvalue weighted by molar-refractivity contribution is 5.51. The predicted molar refractivity (Wildman–Crippen MR) is 93.1 cm³/mol. The van der Waals surface area contributed by atoms with Gasteiger partial charge in [0.1, 0.15) is 5.82 Å². The highest BCUT2D eigenvalue weighted by Crippen LogP contribution is 2.23. The molecule has 0 saturated heterocycles. The van der Waals surface area contributed by atoms with Crippen LogP contribution in [0.4, 0.5) is 5.82 Å². The van der Waals surface area contributed by atoms with Gasteiger partial charge in [0, 0.05) is 30.9 Å². The summed E-state index contributed by atoms with van der Waals surface area (Å²) in [6.45, 7) is 17.3. The lowest BCUT2D eigenvalue weighted by atomic mass is 10.1. The highest BCUT2D eigenvalue weighted by Gasteiger charge is 2.14. The van der Waals surface area contributed by atoms with E-state index in [-0.39, 0.29) is 0 Å². The molecule has 0 aliphatic rings. The molecule has 0 atom stereocenters. The lowest BCUT2D eigenvalue weighted by Gasteiger charge is -2.26. The van der Waals surface area contributed by atoms with Crippen LogP contribution in [0.3, 0.4) is 0 Å². The van der Waals surface area contributed by atoms with E-state index in [1.807, 2.05) is 0 Å². The first-order valence-electron chi connectivity index (χ1n) is 8.42. The number of nitrogens with one attached hydrogen (secondary N) is 1. The van der Waals surface area contributed by atoms with Crippen LogP contribution in [0, 0.1) is 19.8 Å². The molecular weight excluding hydrogens is 258 g/mol. The summed E-state index contributed by atoms with van der Waals surface area (Å²) in [4.78, 5) is 7.27. The van der Waals surface area contributed by atoms with Crippen molar-refractivity contribution in [3.05, 3.63) is 22.9 Å². The van der Waals surface area contributed by atoms with Crippen molar-refractivity contribution >= 4 is 5.82 Å². The Labute approximate surface area is 131 Å². The van der Waals surface area contributed by atoms with E-state index in [2.05, 4.69) is 57.8 Å². The minimum absolute atomic E-state index is 0.675. The van der Waals surface area contributed by atoms with Gasteiger partial charge in [-0.05, 0) is 51.3 Å². The van der Waals surface area contributed by atoms with Crippen LogP contribution < -0.4 is 10.2 Å². The molecular formula is C18H33N3. The van der Waals surface area contributed by atoms with Gasteiger partial charge in [-0.15, -0.1) is 0 Å². The van der Waals surface area contributed by atoms with Gasteiger partial charge in [-0.1, -0.05) is 27.2 Å². The summed E-state index contributed by atoms with van der Waals surface area (Å²) in [5.41, 5.74) is 3.83. The van der Waals surface area contributed by atoms with E-state index in [9.17, 15) is 0 Å². The van der Waals surface area contributed by atoms with Crippen molar-refractivity contribution in [1.29, 1.82) is 0 Å². The standard InChI is InChI=1S/C18H33N3/c1-7-9-10-21(8-2)18-17(13-19-12-14(3)4)15(5)11-16(6)20-18/h11,14,19H,7-10,12-13H2,1-6H3. The first kappa shape index (κ1) is 18.0. The fraction of sp³-hybridized carbons (Fsp3) is 0.722. The normalized spacial score (nSPS) is 11.2. The summed E-state index contributed by atoms with van der Waals surface area (Å²) in [5, 5.41) is 3.57. The lowest BCUT2D eigenvalue weighted by molar-refractivity contribution is 0.550. The zero-order chi connectivity index (χ0) is 15.8. The Morgan fingerprint density at radius 3 is 2.52 bits per heavy atom. The van der Waals surface area contributed by atoms with Crippen molar-refractivity contribution in [2.45, 2.75) is 60.9 Å². The van der Waals surface area contributed by atoms with Gasteiger partial charge in [-0.3, -0.25) is 0 Å². The number of rotatable bonds is 9. The third kappa shape index (κ3) is 5.66. The molecule has 1 heterocycles. The van der Waals surface area contributed by atoms with Gasteiger partial charge in [-0.2, -0.15) is 0 Å². The summed E-state index contributed by atoms with van der Waals surface area (Å²) >= 11 is 0. The molecule has 120 valence electrons. The Morgan fingerprint density at radius 2 is 1.95 bits per heavy atom. The molecule has 1 rings (SSSR count). The first-order valence-corrected chi connectivity index (χ1v) is 8.42. The monoisotopic (exact) mass is 291 g/mol. The molecule has 1 aromatic heterocycles. The average Bonchev–Trinajstić information content (AvgIpc) is 2.41. The Hall–Kier alpha value is -1.09. The second-order valence-electron chi connectivity index (χ2n) is 6.34. The van der Waals surface area contributed by atoms with Crippen LogP contribution in [0.25, 0.3) is 0 Å². The predicted octanol–water partition coefficient (Wildman–Crippen LogP) is 4.07. The van der Waals surface area contributed by atoms with Gasteiger partial charge >= 0.3 is 0 Å². The van der Waals surface area contributed by atoms with Crippen LogP contribution in [-0.2, 0) is 6.54 Å². The van der Waals surface area contributed by atoms with Crippen molar-refractivity contribution in [2.75, 3.05) is 24.5 Å². The molecule has 21 heavy (non-hydrogen) atoms. The number of nitrogens with zero attached hydrogens (tertiary/aromatic N) is 2. The molecule has 0 saturated carbocycles. The molecule has 0 radical (unpaired) electrons. The van der Waals surface area contributed by atoms with Crippen molar-refractivity contribution < 1.29 is 0 Å². The molecule has 1 N–H and O–H groups in total. The van der Waals surface area contributed by atoms with Crippen molar-refractivity contribution in [2.24, 2.45) is 5.92 Å². The van der Waals surface area contributed by atoms with Crippen LogP contribution in [0.2, 0.25) is 0 Å². The Kier molecular flexibility index (Phi) is 7.73. The van der Waals surface area contributed by atoms with E-state index < -0.39 is 0 Å². The van der Waals surface area contributed by atoms with Crippen molar-refractivity contribution in [3.8, 4) is 0 Å². The van der Waals surface area contributed by atoms with E-state index in [1.165, 1.54) is 29.8 Å². The smallest absolute Gasteiger partial charge is 0.133 e. The Bertz CT molecular complexity index is 427. The molecule has 0 amide bonds. The molecule has 0 bridgehead atoms. The Morgan fingerprint density at radius 1 is 1.24 bits per heavy atom. The zero-order valence-electron chi connectivity index (χ0n) is 14.8.